The first kappa shape index (κ1) is 16.3. The molecule has 1 radical (unpaired) electrons. The average Bonchev–Trinajstić information content (AvgIpc) is 1.35. The molecule has 0 aromatic rings. The van der Waals surface area contributed by atoms with Gasteiger partial charge in [-0.3, -0.25) is 0 Å². The Balaban J connectivity index is -0.000000125. The van der Waals surface area contributed by atoms with Gasteiger partial charge in [0.05, 0.1) is 0 Å². The Morgan fingerprint density at radius 2 is 1.62 bits per heavy atom. The second-order valence-corrected chi connectivity index (χ2v) is 3.11. The van der Waals surface area contributed by atoms with Crippen molar-refractivity contribution >= 4 is 35.7 Å². The SMILES string of the molecule is O=P(O)(O)O[SiH3].[AlH3].[Nb]. The first-order valence-corrected chi connectivity index (χ1v) is 3.52. The Bertz CT molecular complexity index is 80.1. The van der Waals surface area contributed by atoms with Gasteiger partial charge >= 0.3 is 7.82 Å². The monoisotopic (exact) mass is 251 g/mol. The molecule has 0 saturated heterocycles. The van der Waals surface area contributed by atoms with E-state index in [2.05, 4.69) is 4.21 Å². The summed E-state index contributed by atoms with van der Waals surface area (Å²) in [6.07, 6.45) is 0. The van der Waals surface area contributed by atoms with E-state index in [1.807, 2.05) is 0 Å². The molecule has 0 aliphatic heterocycles. The molecular weight excluding hydrogens is 243 g/mol. The summed E-state index contributed by atoms with van der Waals surface area (Å²) in [7, 11) is -4.00. The van der Waals surface area contributed by atoms with E-state index in [0.29, 0.717) is 0 Å². The van der Waals surface area contributed by atoms with E-state index < -0.39 is 7.82 Å². The molecule has 0 aromatic heterocycles. The summed E-state index contributed by atoms with van der Waals surface area (Å²) in [6, 6.07) is 0. The van der Waals surface area contributed by atoms with Crippen LogP contribution < -0.4 is 0 Å². The topological polar surface area (TPSA) is 66.8 Å². The number of hydrogen-bond donors (Lipinski definition) is 2. The van der Waals surface area contributed by atoms with Crippen molar-refractivity contribution in [3.05, 3.63) is 0 Å². The van der Waals surface area contributed by atoms with E-state index in [1.54, 1.807) is 0 Å². The summed E-state index contributed by atoms with van der Waals surface area (Å²) in [5.41, 5.74) is 0. The van der Waals surface area contributed by atoms with Crippen LogP contribution in [0.2, 0.25) is 0 Å². The zero-order chi connectivity index (χ0) is 5.21. The normalized spacial score (nSPS) is 9.25. The summed E-state index contributed by atoms with van der Waals surface area (Å²) in [6.45, 7) is 0. The summed E-state index contributed by atoms with van der Waals surface area (Å²) in [4.78, 5) is 15.5. The van der Waals surface area contributed by atoms with E-state index in [1.165, 1.54) is 0 Å². The molecule has 0 unspecified atom stereocenters. The van der Waals surface area contributed by atoms with Gasteiger partial charge in [-0.1, -0.05) is 0 Å². The molecule has 0 spiro atoms. The summed E-state index contributed by atoms with van der Waals surface area (Å²) in [5.74, 6) is 0. The molecule has 0 atom stereocenters. The molecule has 4 nitrogen and oxygen atoms in total. The summed E-state index contributed by atoms with van der Waals surface area (Å²) >= 11 is 0. The van der Waals surface area contributed by atoms with Crippen molar-refractivity contribution in [2.24, 2.45) is 0 Å². The van der Waals surface area contributed by atoms with Gasteiger partial charge in [-0.2, -0.15) is 0 Å². The maximum Gasteiger partial charge on any atom is 0.458 e. The van der Waals surface area contributed by atoms with E-state index in [0.717, 1.165) is 0 Å². The number of hydrogen-bond acceptors (Lipinski definition) is 2. The van der Waals surface area contributed by atoms with Gasteiger partial charge in [-0.25, -0.2) is 4.57 Å². The zero-order valence-corrected chi connectivity index (χ0v) is 8.70. The Hall–Kier alpha value is 1.60. The fourth-order valence-corrected chi connectivity index (χ4v) is 0. The summed E-state index contributed by atoms with van der Waals surface area (Å²) in [5, 5.41) is 0. The van der Waals surface area contributed by atoms with Crippen molar-refractivity contribution in [2.45, 2.75) is 0 Å². The molecule has 0 fully saturated rings. The van der Waals surface area contributed by atoms with Crippen molar-refractivity contribution in [1.82, 2.24) is 0 Å². The number of rotatable bonds is 1. The van der Waals surface area contributed by atoms with Gasteiger partial charge in [0.15, 0.2) is 27.8 Å². The molecule has 0 aliphatic rings. The molecule has 0 amide bonds. The third kappa shape index (κ3) is 15.6. The van der Waals surface area contributed by atoms with Crippen LogP contribution in [-0.2, 0) is 31.2 Å². The minimum atomic E-state index is -4.08. The third-order valence-corrected chi connectivity index (χ3v) is 2.14. The molecule has 8 heavy (non-hydrogen) atoms. The maximum atomic E-state index is 9.51. The Labute approximate surface area is 76.4 Å². The zero-order valence-electron chi connectivity index (χ0n) is 3.61. The van der Waals surface area contributed by atoms with Gasteiger partial charge in [0.1, 0.15) is 0 Å². The van der Waals surface area contributed by atoms with Gasteiger partial charge in [-0.05, 0) is 0 Å². The van der Waals surface area contributed by atoms with E-state index in [-0.39, 0.29) is 50.2 Å². The molecule has 0 heterocycles. The van der Waals surface area contributed by atoms with Gasteiger partial charge < -0.3 is 14.0 Å². The van der Waals surface area contributed by atoms with E-state index >= 15 is 0 Å². The van der Waals surface area contributed by atoms with Crippen LogP contribution in [-0.4, -0.2) is 37.6 Å². The first-order valence-electron chi connectivity index (χ1n) is 1.17. The first-order chi connectivity index (χ1) is 2.56. The van der Waals surface area contributed by atoms with Crippen molar-refractivity contribution in [3.63, 3.8) is 0 Å². The van der Waals surface area contributed by atoms with Crippen LogP contribution in [0.25, 0.3) is 0 Å². The maximum absolute atomic E-state index is 9.51. The van der Waals surface area contributed by atoms with Crippen molar-refractivity contribution < 1.29 is 40.9 Å². The van der Waals surface area contributed by atoms with Crippen LogP contribution in [0.15, 0.2) is 0 Å². The summed E-state index contributed by atoms with van der Waals surface area (Å²) < 4.78 is 13.2. The minimum absolute atomic E-state index is 0. The second kappa shape index (κ2) is 6.72. The number of phosphoric acid groups is 1. The molecule has 0 aromatic carbocycles. The molecular formula is H8AlNbO4PSi. The quantitative estimate of drug-likeness (QED) is 0.390. The smallest absolute Gasteiger partial charge is 0.342 e. The van der Waals surface area contributed by atoms with E-state index in [9.17, 15) is 4.57 Å². The van der Waals surface area contributed by atoms with Gasteiger partial charge in [0, 0.05) is 22.4 Å². The molecule has 0 bridgehead atoms. The van der Waals surface area contributed by atoms with Gasteiger partial charge in [0.25, 0.3) is 0 Å². The predicted molar refractivity (Wildman–Crippen MR) is 33.0 cm³/mol. The van der Waals surface area contributed by atoms with Crippen LogP contribution in [0.1, 0.15) is 0 Å². The van der Waals surface area contributed by atoms with Crippen LogP contribution in [0.3, 0.4) is 0 Å². The largest absolute Gasteiger partial charge is 0.458 e. The molecule has 0 aliphatic carbocycles. The van der Waals surface area contributed by atoms with Gasteiger partial charge in [0.2, 0.25) is 0 Å². The molecule has 0 saturated carbocycles. The van der Waals surface area contributed by atoms with E-state index in [4.69, 9.17) is 9.79 Å². The van der Waals surface area contributed by atoms with Crippen LogP contribution in [0.5, 0.6) is 0 Å². The molecule has 0 rings (SSSR count). The average molecular weight is 251 g/mol. The van der Waals surface area contributed by atoms with Crippen molar-refractivity contribution in [3.8, 4) is 0 Å². The standard InChI is InChI=1S/Al.Nb.H5O4PSi.3H/c;;1-5(2,3)4-6;;;/h;;6H3,(H2,1,2,3);;;. The van der Waals surface area contributed by atoms with Gasteiger partial charge in [-0.15, -0.1) is 0 Å². The fourth-order valence-electron chi connectivity index (χ4n) is 0. The molecule has 49 valence electrons. The van der Waals surface area contributed by atoms with Crippen LogP contribution >= 0.6 is 7.82 Å². The predicted octanol–water partition coefficient (Wildman–Crippen LogP) is -2.81. The minimum Gasteiger partial charge on any atom is -0.342 e. The Morgan fingerprint density at radius 3 is 1.62 bits per heavy atom. The van der Waals surface area contributed by atoms with Crippen molar-refractivity contribution in [2.75, 3.05) is 0 Å². The second-order valence-electron chi connectivity index (χ2n) is 0.673. The van der Waals surface area contributed by atoms with Crippen LogP contribution in [0, 0.1) is 0 Å². The molecule has 2 N–H and O–H groups in total. The fraction of sp³-hybridized carbons (Fsp3) is 0. The molecule has 8 heteroatoms. The van der Waals surface area contributed by atoms with Crippen LogP contribution in [0.4, 0.5) is 0 Å². The Morgan fingerprint density at radius 1 is 1.50 bits per heavy atom. The Kier molecular flexibility index (Phi) is 13.7. The third-order valence-electron chi connectivity index (χ3n) is 0.238. The van der Waals surface area contributed by atoms with Crippen molar-refractivity contribution in [1.29, 1.82) is 0 Å².